The number of ether oxygens (including phenoxy) is 1. The molecule has 7 heteroatoms. The fourth-order valence-electron chi connectivity index (χ4n) is 2.85. The maximum Gasteiger partial charge on any atom is 0.493 e. The highest BCUT2D eigenvalue weighted by Crippen LogP contribution is 2.26. The van der Waals surface area contributed by atoms with Crippen molar-refractivity contribution >= 4 is 47.3 Å². The van der Waals surface area contributed by atoms with Crippen molar-refractivity contribution < 1.29 is 14.4 Å². The molecule has 2 N–H and O–H groups in total. The normalized spacial score (nSPS) is 18.5. The highest BCUT2D eigenvalue weighted by atomic mass is 35.5. The quantitative estimate of drug-likeness (QED) is 0.646. The minimum Gasteiger partial charge on any atom is -0.468 e. The van der Waals surface area contributed by atoms with E-state index in [4.69, 9.17) is 33.2 Å². The SMILES string of the molecule is OB1OCc2ccc(NC(=S)OC3CCCCC3)c(Cl)c21. The number of halogens is 1. The van der Waals surface area contributed by atoms with Crippen LogP contribution >= 0.6 is 23.8 Å². The molecule has 112 valence electrons. The number of benzene rings is 1. The first-order chi connectivity index (χ1) is 10.1. The van der Waals surface area contributed by atoms with Crippen LogP contribution in [0.2, 0.25) is 5.02 Å². The van der Waals surface area contributed by atoms with Gasteiger partial charge in [-0.2, -0.15) is 0 Å². The van der Waals surface area contributed by atoms with E-state index in [0.29, 0.717) is 28.0 Å². The Morgan fingerprint density at radius 3 is 2.90 bits per heavy atom. The zero-order valence-corrected chi connectivity index (χ0v) is 13.2. The third-order valence-electron chi connectivity index (χ3n) is 3.98. The van der Waals surface area contributed by atoms with Crippen LogP contribution in [0.15, 0.2) is 12.1 Å². The van der Waals surface area contributed by atoms with Crippen molar-refractivity contribution in [2.75, 3.05) is 5.32 Å². The van der Waals surface area contributed by atoms with E-state index in [1.807, 2.05) is 12.1 Å². The van der Waals surface area contributed by atoms with E-state index in [1.165, 1.54) is 19.3 Å². The van der Waals surface area contributed by atoms with Gasteiger partial charge in [-0.3, -0.25) is 0 Å². The Morgan fingerprint density at radius 1 is 1.38 bits per heavy atom. The maximum absolute atomic E-state index is 9.78. The van der Waals surface area contributed by atoms with Gasteiger partial charge in [0.1, 0.15) is 6.10 Å². The van der Waals surface area contributed by atoms with E-state index in [0.717, 1.165) is 18.4 Å². The van der Waals surface area contributed by atoms with Crippen LogP contribution in [0.1, 0.15) is 37.7 Å². The number of anilines is 1. The van der Waals surface area contributed by atoms with Crippen LogP contribution < -0.4 is 10.8 Å². The molecule has 1 aromatic rings. The monoisotopic (exact) mass is 325 g/mol. The van der Waals surface area contributed by atoms with E-state index in [2.05, 4.69) is 5.32 Å². The Labute approximate surface area is 134 Å². The molecule has 1 fully saturated rings. The summed E-state index contributed by atoms with van der Waals surface area (Å²) < 4.78 is 10.9. The number of thiocarbonyl (C=S) groups is 1. The third-order valence-corrected chi connectivity index (χ3v) is 4.58. The number of nitrogens with one attached hydrogen (secondary N) is 1. The molecule has 1 aliphatic heterocycles. The zero-order valence-electron chi connectivity index (χ0n) is 11.6. The first-order valence-electron chi connectivity index (χ1n) is 7.23. The van der Waals surface area contributed by atoms with Crippen LogP contribution in [0.4, 0.5) is 5.69 Å². The average molecular weight is 326 g/mol. The molecule has 1 heterocycles. The highest BCUT2D eigenvalue weighted by Gasteiger charge is 2.31. The second-order valence-corrected chi connectivity index (χ2v) is 6.20. The van der Waals surface area contributed by atoms with Gasteiger partial charge in [-0.25, -0.2) is 0 Å². The summed E-state index contributed by atoms with van der Waals surface area (Å²) in [6.45, 7) is 0.375. The molecule has 1 saturated carbocycles. The van der Waals surface area contributed by atoms with Gasteiger partial charge < -0.3 is 19.7 Å². The average Bonchev–Trinajstić information content (AvgIpc) is 2.85. The van der Waals surface area contributed by atoms with Gasteiger partial charge in [0, 0.05) is 5.46 Å². The Hall–Kier alpha value is -0.815. The summed E-state index contributed by atoms with van der Waals surface area (Å²) in [6.07, 6.45) is 5.95. The summed E-state index contributed by atoms with van der Waals surface area (Å²) in [4.78, 5) is 0. The molecule has 0 radical (unpaired) electrons. The number of fused-ring (bicyclic) bond motifs is 1. The molecule has 1 aromatic carbocycles. The van der Waals surface area contributed by atoms with Crippen molar-refractivity contribution in [2.45, 2.75) is 44.8 Å². The van der Waals surface area contributed by atoms with Gasteiger partial charge in [0.05, 0.1) is 17.3 Å². The minimum absolute atomic E-state index is 0.195. The van der Waals surface area contributed by atoms with Gasteiger partial charge in [-0.15, -0.1) is 0 Å². The smallest absolute Gasteiger partial charge is 0.468 e. The summed E-state index contributed by atoms with van der Waals surface area (Å²) in [5, 5.41) is 13.6. The standard InChI is InChI=1S/C14H17BClNO3S/c16-13-11(7-6-9-8-19-15(18)12(9)13)17-14(21)20-10-4-2-1-3-5-10/h6-7,10,18H,1-5,8H2,(H,17,21). The van der Waals surface area contributed by atoms with Crippen molar-refractivity contribution in [3.63, 3.8) is 0 Å². The fourth-order valence-corrected chi connectivity index (χ4v) is 3.42. The summed E-state index contributed by atoms with van der Waals surface area (Å²) in [5.41, 5.74) is 2.15. The summed E-state index contributed by atoms with van der Waals surface area (Å²) in [5.74, 6) is 0. The van der Waals surface area contributed by atoms with Crippen molar-refractivity contribution in [3.05, 3.63) is 22.7 Å². The van der Waals surface area contributed by atoms with Crippen molar-refractivity contribution in [2.24, 2.45) is 0 Å². The molecule has 1 aliphatic carbocycles. The highest BCUT2D eigenvalue weighted by molar-refractivity contribution is 7.80. The van der Waals surface area contributed by atoms with E-state index in [9.17, 15) is 5.02 Å². The molecular formula is C14H17BClNO3S. The van der Waals surface area contributed by atoms with Crippen molar-refractivity contribution in [3.8, 4) is 0 Å². The van der Waals surface area contributed by atoms with E-state index in [-0.39, 0.29) is 6.10 Å². The van der Waals surface area contributed by atoms with Crippen LogP contribution in [0.3, 0.4) is 0 Å². The van der Waals surface area contributed by atoms with E-state index >= 15 is 0 Å². The molecule has 0 amide bonds. The molecular weight excluding hydrogens is 308 g/mol. The molecule has 2 aliphatic rings. The number of hydrogen-bond acceptors (Lipinski definition) is 4. The van der Waals surface area contributed by atoms with Gasteiger partial charge >= 0.3 is 7.12 Å². The van der Waals surface area contributed by atoms with Gasteiger partial charge in [0.15, 0.2) is 0 Å². The molecule has 3 rings (SSSR count). The molecule has 21 heavy (non-hydrogen) atoms. The van der Waals surface area contributed by atoms with Crippen LogP contribution in [0.5, 0.6) is 0 Å². The van der Waals surface area contributed by atoms with Crippen LogP contribution in [0, 0.1) is 0 Å². The van der Waals surface area contributed by atoms with Gasteiger partial charge in [0.2, 0.25) is 0 Å². The predicted molar refractivity (Wildman–Crippen MR) is 88.0 cm³/mol. The van der Waals surface area contributed by atoms with Crippen molar-refractivity contribution in [1.29, 1.82) is 0 Å². The summed E-state index contributed by atoms with van der Waals surface area (Å²) in [7, 11) is -0.970. The number of hydrogen-bond donors (Lipinski definition) is 2. The van der Waals surface area contributed by atoms with Crippen LogP contribution in [0.25, 0.3) is 0 Å². The molecule has 0 saturated heterocycles. The van der Waals surface area contributed by atoms with E-state index in [1.54, 1.807) is 0 Å². The third kappa shape index (κ3) is 3.34. The molecule has 0 bridgehead atoms. The molecule has 0 atom stereocenters. The predicted octanol–water partition coefficient (Wildman–Crippen LogP) is 2.60. The second kappa shape index (κ2) is 6.52. The van der Waals surface area contributed by atoms with Crippen LogP contribution in [-0.2, 0) is 16.0 Å². The van der Waals surface area contributed by atoms with Crippen molar-refractivity contribution in [1.82, 2.24) is 0 Å². The number of rotatable bonds is 2. The molecule has 0 spiro atoms. The van der Waals surface area contributed by atoms with Gasteiger partial charge in [-0.1, -0.05) is 24.1 Å². The second-order valence-electron chi connectivity index (χ2n) is 5.45. The zero-order chi connectivity index (χ0) is 14.8. The molecule has 0 aromatic heterocycles. The first-order valence-corrected chi connectivity index (χ1v) is 8.02. The lowest BCUT2D eigenvalue weighted by atomic mass is 9.79. The largest absolute Gasteiger partial charge is 0.493 e. The van der Waals surface area contributed by atoms with Gasteiger partial charge in [0.25, 0.3) is 5.17 Å². The maximum atomic E-state index is 9.78. The molecule has 0 unspecified atom stereocenters. The lowest BCUT2D eigenvalue weighted by Gasteiger charge is -2.23. The Bertz CT molecular complexity index is 551. The van der Waals surface area contributed by atoms with Gasteiger partial charge in [-0.05, 0) is 49.5 Å². The van der Waals surface area contributed by atoms with E-state index < -0.39 is 7.12 Å². The summed E-state index contributed by atoms with van der Waals surface area (Å²) in [6, 6.07) is 3.71. The summed E-state index contributed by atoms with van der Waals surface area (Å²) >= 11 is 11.6. The molecule has 4 nitrogen and oxygen atoms in total. The fraction of sp³-hybridized carbons (Fsp3) is 0.500. The minimum atomic E-state index is -0.970. The Balaban J connectivity index is 1.67. The Kier molecular flexibility index (Phi) is 4.69. The first kappa shape index (κ1) is 15.1. The lowest BCUT2D eigenvalue weighted by molar-refractivity contribution is 0.147. The topological polar surface area (TPSA) is 50.7 Å². The lowest BCUT2D eigenvalue weighted by Crippen LogP contribution is -2.30. The Morgan fingerprint density at radius 2 is 2.14 bits per heavy atom. The van der Waals surface area contributed by atoms with Crippen LogP contribution in [-0.4, -0.2) is 23.4 Å².